The molecule has 7 heteroatoms. The molecule has 1 unspecified atom stereocenters. The predicted octanol–water partition coefficient (Wildman–Crippen LogP) is 4.98. The maximum Gasteiger partial charge on any atom is 0.349 e. The number of fused-ring (bicyclic) bond motifs is 1. The summed E-state index contributed by atoms with van der Waals surface area (Å²) in [5.41, 5.74) is 0.351. The van der Waals surface area contributed by atoms with Gasteiger partial charge in [0.1, 0.15) is 12.2 Å². The molecule has 1 saturated heterocycles. The number of hydrogen-bond donors (Lipinski definition) is 1. The number of rotatable bonds is 14. The first-order chi connectivity index (χ1) is 15.6. The third-order valence-electron chi connectivity index (χ3n) is 6.34. The summed E-state index contributed by atoms with van der Waals surface area (Å²) in [6.07, 6.45) is 10.4. The molecule has 0 spiro atoms. The maximum atomic E-state index is 13.1. The molecule has 1 saturated carbocycles. The molecule has 1 N–H and O–H groups in total. The molecule has 5 atom stereocenters. The number of ether oxygens (including phenoxy) is 3. The van der Waals surface area contributed by atoms with Gasteiger partial charge in [-0.25, -0.2) is 4.79 Å². The van der Waals surface area contributed by atoms with Crippen molar-refractivity contribution in [2.24, 2.45) is 11.8 Å². The van der Waals surface area contributed by atoms with E-state index in [9.17, 15) is 19.5 Å². The summed E-state index contributed by atoms with van der Waals surface area (Å²) in [4.78, 5) is 35.6. The molecule has 0 bridgehead atoms. The number of ketones is 1. The van der Waals surface area contributed by atoms with Crippen LogP contribution in [0, 0.1) is 11.8 Å². The lowest BCUT2D eigenvalue weighted by Gasteiger charge is -2.24. The van der Waals surface area contributed by atoms with Gasteiger partial charge in [0.25, 0.3) is 0 Å². The highest BCUT2D eigenvalue weighted by Crippen LogP contribution is 2.45. The number of carbonyl (C=O) groups is 3. The second-order valence-corrected chi connectivity index (χ2v) is 9.62. The zero-order valence-corrected chi connectivity index (χ0v) is 20.5. The Morgan fingerprint density at radius 1 is 1.18 bits per heavy atom. The minimum Gasteiger partial charge on any atom is -0.478 e. The van der Waals surface area contributed by atoms with Gasteiger partial charge in [-0.2, -0.15) is 0 Å². The Labute approximate surface area is 197 Å². The van der Waals surface area contributed by atoms with E-state index in [1.165, 1.54) is 26.2 Å². The Kier molecular flexibility index (Phi) is 10.3. The van der Waals surface area contributed by atoms with Gasteiger partial charge < -0.3 is 19.3 Å². The molecule has 2 fully saturated rings. The van der Waals surface area contributed by atoms with Gasteiger partial charge >= 0.3 is 11.9 Å². The van der Waals surface area contributed by atoms with E-state index in [1.54, 1.807) is 0 Å². The van der Waals surface area contributed by atoms with Crippen LogP contribution in [0.1, 0.15) is 85.5 Å². The zero-order chi connectivity index (χ0) is 24.6. The molecular weight excluding hydrogens is 424 g/mol. The van der Waals surface area contributed by atoms with E-state index in [2.05, 4.69) is 25.7 Å². The largest absolute Gasteiger partial charge is 0.478 e. The normalized spacial score (nSPS) is 27.0. The van der Waals surface area contributed by atoms with Gasteiger partial charge in [-0.1, -0.05) is 51.3 Å². The van der Waals surface area contributed by atoms with Gasteiger partial charge in [0.05, 0.1) is 0 Å². The lowest BCUT2D eigenvalue weighted by molar-refractivity contribution is -0.165. The highest BCUT2D eigenvalue weighted by molar-refractivity contribution is 5.89. The van der Waals surface area contributed by atoms with Crippen LogP contribution in [0.15, 0.2) is 24.3 Å². The van der Waals surface area contributed by atoms with Crippen LogP contribution < -0.4 is 0 Å². The molecule has 0 aromatic heterocycles. The van der Waals surface area contributed by atoms with Crippen LogP contribution >= 0.6 is 0 Å². The monoisotopic (exact) mass is 464 g/mol. The van der Waals surface area contributed by atoms with E-state index < -0.39 is 29.9 Å². The molecule has 2 aliphatic rings. The molecule has 1 aliphatic carbocycles. The maximum absolute atomic E-state index is 13.1. The van der Waals surface area contributed by atoms with Crippen LogP contribution in [0.5, 0.6) is 0 Å². The van der Waals surface area contributed by atoms with Crippen molar-refractivity contribution < 1.29 is 33.7 Å². The summed E-state index contributed by atoms with van der Waals surface area (Å²) in [7, 11) is 0. The van der Waals surface area contributed by atoms with Crippen molar-refractivity contribution in [3.05, 3.63) is 24.3 Å². The lowest BCUT2D eigenvalue weighted by Crippen LogP contribution is -2.29. The molecule has 2 rings (SSSR count). The number of carboxylic acids is 1. The van der Waals surface area contributed by atoms with Crippen molar-refractivity contribution >= 4 is 17.7 Å². The molecule has 7 nitrogen and oxygen atoms in total. The molecule has 0 aromatic rings. The van der Waals surface area contributed by atoms with Crippen LogP contribution in [0.4, 0.5) is 0 Å². The first-order valence-electron chi connectivity index (χ1n) is 12.2. The molecule has 1 heterocycles. The van der Waals surface area contributed by atoms with Crippen LogP contribution in [0.3, 0.4) is 0 Å². The fraction of sp³-hybridized carbons (Fsp3) is 0.731. The number of carbonyl (C=O) groups excluding carboxylic acids is 2. The third-order valence-corrected chi connectivity index (χ3v) is 6.34. The number of hydrogen-bond acceptors (Lipinski definition) is 6. The van der Waals surface area contributed by atoms with Crippen molar-refractivity contribution in [3.63, 3.8) is 0 Å². The minimum absolute atomic E-state index is 0.0218. The highest BCUT2D eigenvalue weighted by atomic mass is 16.8. The number of unbranched alkanes of at least 4 members (excludes halogenated alkanes) is 5. The van der Waals surface area contributed by atoms with E-state index in [0.29, 0.717) is 24.8 Å². The highest BCUT2D eigenvalue weighted by Gasteiger charge is 2.57. The summed E-state index contributed by atoms with van der Waals surface area (Å²) in [6.45, 7) is 10.8. The van der Waals surface area contributed by atoms with Gasteiger partial charge in [0.2, 0.25) is 6.10 Å². The van der Waals surface area contributed by atoms with Crippen LogP contribution in [0.2, 0.25) is 0 Å². The Morgan fingerprint density at radius 3 is 2.55 bits per heavy atom. The smallest absolute Gasteiger partial charge is 0.349 e. The molecular formula is C26H40O7. The fourth-order valence-electron chi connectivity index (χ4n) is 4.76. The van der Waals surface area contributed by atoms with E-state index >= 15 is 0 Å². The standard InChI is InChI=1S/C26H40O7/c1-6-7-8-9-10-11-16-20-19(21(28)24-23(20)32-26(4,5)33-24)15-13-12-14-17(2)22(25(29)30)31-18(3)27/h11,16,19-20,22-24H,2,6-10,12-15H2,1,3-5H3,(H,29,30)/t19-,20-,22?,23+,24-/m1/s1. The average Bonchev–Trinajstić information content (AvgIpc) is 3.17. The van der Waals surface area contributed by atoms with E-state index in [-0.39, 0.29) is 23.7 Å². The number of allylic oxidation sites excluding steroid dienone is 1. The topological polar surface area (TPSA) is 99.1 Å². The summed E-state index contributed by atoms with van der Waals surface area (Å²) in [6, 6.07) is 0. The van der Waals surface area contributed by atoms with E-state index in [0.717, 1.165) is 19.3 Å². The van der Waals surface area contributed by atoms with Crippen molar-refractivity contribution in [3.8, 4) is 0 Å². The molecule has 186 valence electrons. The lowest BCUT2D eigenvalue weighted by atomic mass is 9.88. The van der Waals surface area contributed by atoms with Crippen molar-refractivity contribution in [1.82, 2.24) is 0 Å². The quantitative estimate of drug-likeness (QED) is 0.220. The van der Waals surface area contributed by atoms with Crippen molar-refractivity contribution in [1.29, 1.82) is 0 Å². The van der Waals surface area contributed by atoms with E-state index in [4.69, 9.17) is 14.2 Å². The zero-order valence-electron chi connectivity index (χ0n) is 20.5. The number of aliphatic carboxylic acids is 1. The average molecular weight is 465 g/mol. The van der Waals surface area contributed by atoms with Crippen LogP contribution in [-0.2, 0) is 28.6 Å². The summed E-state index contributed by atoms with van der Waals surface area (Å²) in [5.74, 6) is -2.75. The van der Waals surface area contributed by atoms with Crippen molar-refractivity contribution in [2.75, 3.05) is 0 Å². The second kappa shape index (κ2) is 12.5. The van der Waals surface area contributed by atoms with Gasteiger partial charge in [0, 0.05) is 18.8 Å². The first-order valence-corrected chi connectivity index (χ1v) is 12.2. The fourth-order valence-corrected chi connectivity index (χ4v) is 4.76. The Balaban J connectivity index is 1.93. The number of Topliss-reactive ketones (excluding diaryl/α,β-unsaturated/α-hetero) is 1. The van der Waals surface area contributed by atoms with Gasteiger partial charge in [-0.3, -0.25) is 9.59 Å². The molecule has 33 heavy (non-hydrogen) atoms. The molecule has 0 aromatic carbocycles. The van der Waals surface area contributed by atoms with Gasteiger partial charge in [-0.15, -0.1) is 0 Å². The summed E-state index contributed by atoms with van der Waals surface area (Å²) in [5, 5.41) is 9.26. The Bertz CT molecular complexity index is 739. The first kappa shape index (κ1) is 27.3. The SMILES string of the molecule is C=C(CCCC[C@H]1C(=O)[C@H]2OC(C)(C)O[C@H]2[C@@H]1C=CCCCCCC)C(OC(C)=O)C(=O)O. The Morgan fingerprint density at radius 2 is 1.91 bits per heavy atom. The minimum atomic E-state index is -1.33. The van der Waals surface area contributed by atoms with Crippen LogP contribution in [0.25, 0.3) is 0 Å². The third kappa shape index (κ3) is 7.78. The molecule has 0 radical (unpaired) electrons. The van der Waals surface area contributed by atoms with E-state index in [1.807, 2.05) is 13.8 Å². The predicted molar refractivity (Wildman–Crippen MR) is 125 cm³/mol. The summed E-state index contributed by atoms with van der Waals surface area (Å²) < 4.78 is 16.9. The second-order valence-electron chi connectivity index (χ2n) is 9.62. The van der Waals surface area contributed by atoms with Gasteiger partial charge in [-0.05, 0) is 51.5 Å². The van der Waals surface area contributed by atoms with Gasteiger partial charge in [0.15, 0.2) is 11.6 Å². The number of esters is 1. The molecule has 0 amide bonds. The van der Waals surface area contributed by atoms with Crippen molar-refractivity contribution in [2.45, 2.75) is 110 Å². The summed E-state index contributed by atoms with van der Waals surface area (Å²) >= 11 is 0. The van der Waals surface area contributed by atoms with Crippen LogP contribution in [-0.4, -0.2) is 46.9 Å². The molecule has 1 aliphatic heterocycles. The Hall–Kier alpha value is -1.99. The number of carboxylic acid groups (broad SMARTS) is 1.